The maximum atomic E-state index is 12.3. The molecular formula is C16H20N6O3. The third-order valence-corrected chi connectivity index (χ3v) is 4.16. The minimum Gasteiger partial charge on any atom is -0.424 e. The van der Waals surface area contributed by atoms with Crippen molar-refractivity contribution >= 4 is 16.9 Å². The van der Waals surface area contributed by atoms with Crippen molar-refractivity contribution in [3.05, 3.63) is 39.0 Å². The zero-order chi connectivity index (χ0) is 18.1. The van der Waals surface area contributed by atoms with Crippen LogP contribution in [0.2, 0.25) is 0 Å². The van der Waals surface area contributed by atoms with Crippen LogP contribution >= 0.6 is 0 Å². The van der Waals surface area contributed by atoms with Gasteiger partial charge in [0, 0.05) is 31.3 Å². The number of rotatable bonds is 5. The first-order valence-electron chi connectivity index (χ1n) is 7.97. The predicted molar refractivity (Wildman–Crippen MR) is 90.0 cm³/mol. The number of carbonyl (C=O) groups excluding carboxylic acids is 1. The molecule has 9 nitrogen and oxygen atoms in total. The van der Waals surface area contributed by atoms with Crippen LogP contribution in [0, 0.1) is 20.8 Å². The van der Waals surface area contributed by atoms with E-state index in [0.29, 0.717) is 29.4 Å². The van der Waals surface area contributed by atoms with Gasteiger partial charge in [-0.2, -0.15) is 5.10 Å². The highest BCUT2D eigenvalue weighted by molar-refractivity contribution is 5.83. The van der Waals surface area contributed by atoms with Gasteiger partial charge in [-0.05, 0) is 25.8 Å². The number of aromatic nitrogens is 5. The number of nitrogens with one attached hydrogen (secondary N) is 2. The van der Waals surface area contributed by atoms with Crippen LogP contribution < -0.4 is 10.9 Å². The topological polar surface area (TPSA) is 119 Å². The number of pyridine rings is 1. The second-order valence-electron chi connectivity index (χ2n) is 5.98. The molecule has 0 aliphatic heterocycles. The Balaban J connectivity index is 1.71. The summed E-state index contributed by atoms with van der Waals surface area (Å²) < 4.78 is 6.85. The van der Waals surface area contributed by atoms with Gasteiger partial charge < -0.3 is 14.7 Å². The molecule has 25 heavy (non-hydrogen) atoms. The van der Waals surface area contributed by atoms with Crippen LogP contribution in [0.3, 0.4) is 0 Å². The van der Waals surface area contributed by atoms with E-state index in [1.54, 1.807) is 18.7 Å². The Morgan fingerprint density at radius 3 is 2.72 bits per heavy atom. The maximum Gasteiger partial charge on any atom is 0.253 e. The monoisotopic (exact) mass is 344 g/mol. The van der Waals surface area contributed by atoms with Crippen LogP contribution in [0.1, 0.15) is 35.0 Å². The molecule has 3 rings (SSSR count). The van der Waals surface area contributed by atoms with Crippen molar-refractivity contribution in [2.45, 2.75) is 40.2 Å². The summed E-state index contributed by atoms with van der Waals surface area (Å²) in [5.74, 6) is 0.622. The fraction of sp³-hybridized carbons (Fsp3) is 0.438. The number of H-pyrrole nitrogens is 1. The summed E-state index contributed by atoms with van der Waals surface area (Å²) in [5, 5.41) is 15.5. The molecule has 0 saturated carbocycles. The first-order chi connectivity index (χ1) is 11.9. The molecule has 0 radical (unpaired) electrons. The molecule has 0 atom stereocenters. The smallest absolute Gasteiger partial charge is 0.253 e. The van der Waals surface area contributed by atoms with Crippen LogP contribution in [0.5, 0.6) is 0 Å². The number of hydrogen-bond donors (Lipinski definition) is 2. The highest BCUT2D eigenvalue weighted by Gasteiger charge is 2.16. The number of aromatic amines is 1. The number of carbonyl (C=O) groups is 1. The van der Waals surface area contributed by atoms with Crippen molar-refractivity contribution < 1.29 is 9.21 Å². The summed E-state index contributed by atoms with van der Waals surface area (Å²) in [5.41, 5.74) is 2.83. The van der Waals surface area contributed by atoms with Gasteiger partial charge >= 0.3 is 0 Å². The van der Waals surface area contributed by atoms with Crippen LogP contribution in [-0.2, 0) is 24.8 Å². The van der Waals surface area contributed by atoms with E-state index in [1.807, 2.05) is 13.8 Å². The van der Waals surface area contributed by atoms with Crippen molar-refractivity contribution in [2.75, 3.05) is 0 Å². The van der Waals surface area contributed by atoms with Gasteiger partial charge in [-0.25, -0.2) is 0 Å². The normalized spacial score (nSPS) is 11.2. The molecule has 0 unspecified atom stereocenters. The quantitative estimate of drug-likeness (QED) is 0.707. The largest absolute Gasteiger partial charge is 0.424 e. The summed E-state index contributed by atoms with van der Waals surface area (Å²) in [6.45, 7) is 5.65. The van der Waals surface area contributed by atoms with Gasteiger partial charge in [0.25, 0.3) is 5.56 Å². The SMILES string of the molecule is Cc1nnc(CNC(=O)CCc2c(C)c3c(C)nn(C)c3[nH]c2=O)o1. The molecule has 132 valence electrons. The minimum atomic E-state index is -0.187. The van der Waals surface area contributed by atoms with E-state index in [4.69, 9.17) is 4.42 Å². The second-order valence-corrected chi connectivity index (χ2v) is 5.98. The fourth-order valence-corrected chi connectivity index (χ4v) is 2.97. The Labute approximate surface area is 143 Å². The van der Waals surface area contributed by atoms with Crippen molar-refractivity contribution in [3.63, 3.8) is 0 Å². The molecule has 0 aromatic carbocycles. The summed E-state index contributed by atoms with van der Waals surface area (Å²) >= 11 is 0. The Morgan fingerprint density at radius 2 is 2.04 bits per heavy atom. The van der Waals surface area contributed by atoms with Crippen LogP contribution in [0.25, 0.3) is 11.0 Å². The molecule has 0 saturated heterocycles. The average molecular weight is 344 g/mol. The Kier molecular flexibility index (Phi) is 4.39. The molecular weight excluding hydrogens is 324 g/mol. The molecule has 0 aliphatic rings. The number of amides is 1. The Hall–Kier alpha value is -2.97. The van der Waals surface area contributed by atoms with E-state index < -0.39 is 0 Å². The molecule has 2 N–H and O–H groups in total. The van der Waals surface area contributed by atoms with E-state index in [0.717, 1.165) is 16.6 Å². The van der Waals surface area contributed by atoms with E-state index in [2.05, 4.69) is 25.6 Å². The minimum absolute atomic E-state index is 0.176. The molecule has 0 aliphatic carbocycles. The van der Waals surface area contributed by atoms with Crippen molar-refractivity contribution in [1.82, 2.24) is 30.3 Å². The van der Waals surface area contributed by atoms with E-state index in [9.17, 15) is 9.59 Å². The highest BCUT2D eigenvalue weighted by atomic mass is 16.4. The lowest BCUT2D eigenvalue weighted by molar-refractivity contribution is -0.121. The molecule has 9 heteroatoms. The fourth-order valence-electron chi connectivity index (χ4n) is 2.97. The average Bonchev–Trinajstić information content (AvgIpc) is 3.08. The summed E-state index contributed by atoms with van der Waals surface area (Å²) in [6, 6.07) is 0. The second kappa shape index (κ2) is 6.50. The van der Waals surface area contributed by atoms with Gasteiger partial charge in [0.05, 0.1) is 12.2 Å². The summed E-state index contributed by atoms with van der Waals surface area (Å²) in [7, 11) is 1.79. The zero-order valence-corrected chi connectivity index (χ0v) is 14.6. The van der Waals surface area contributed by atoms with Gasteiger partial charge in [-0.15, -0.1) is 10.2 Å². The lowest BCUT2D eigenvalue weighted by atomic mass is 10.0. The number of nitrogens with zero attached hydrogens (tertiary/aromatic N) is 4. The van der Waals surface area contributed by atoms with Gasteiger partial charge in [0.1, 0.15) is 5.65 Å². The molecule has 0 bridgehead atoms. The van der Waals surface area contributed by atoms with Crippen LogP contribution in [0.15, 0.2) is 9.21 Å². The molecule has 3 aromatic rings. The first-order valence-corrected chi connectivity index (χ1v) is 7.97. The van der Waals surface area contributed by atoms with Gasteiger partial charge in [0.15, 0.2) is 0 Å². The van der Waals surface area contributed by atoms with E-state index in [1.165, 1.54) is 0 Å². The summed E-state index contributed by atoms with van der Waals surface area (Å²) in [6.07, 6.45) is 0.544. The maximum absolute atomic E-state index is 12.3. The van der Waals surface area contributed by atoms with Crippen molar-refractivity contribution in [1.29, 1.82) is 0 Å². The molecule has 3 aromatic heterocycles. The molecule has 0 fully saturated rings. The van der Waals surface area contributed by atoms with E-state index >= 15 is 0 Å². The molecule has 3 heterocycles. The molecule has 0 spiro atoms. The first kappa shape index (κ1) is 16.9. The predicted octanol–water partition coefficient (Wildman–Crippen LogP) is 0.819. The Bertz CT molecular complexity index is 997. The summed E-state index contributed by atoms with van der Waals surface area (Å²) in [4.78, 5) is 27.2. The van der Waals surface area contributed by atoms with E-state index in [-0.39, 0.29) is 24.4 Å². The lowest BCUT2D eigenvalue weighted by Crippen LogP contribution is -2.25. The van der Waals surface area contributed by atoms with Crippen molar-refractivity contribution in [3.8, 4) is 0 Å². The van der Waals surface area contributed by atoms with Crippen LogP contribution in [0.4, 0.5) is 0 Å². The lowest BCUT2D eigenvalue weighted by Gasteiger charge is -2.07. The number of hydrogen-bond acceptors (Lipinski definition) is 6. The number of aryl methyl sites for hydroxylation is 4. The third-order valence-electron chi connectivity index (χ3n) is 4.16. The zero-order valence-electron chi connectivity index (χ0n) is 14.6. The molecule has 1 amide bonds. The van der Waals surface area contributed by atoms with Crippen LogP contribution in [-0.4, -0.2) is 30.9 Å². The Morgan fingerprint density at radius 1 is 1.28 bits per heavy atom. The third kappa shape index (κ3) is 3.30. The standard InChI is InChI=1S/C16H20N6O3/c1-8-11(16(24)18-15-14(8)9(2)21-22(15)4)5-6-12(23)17-7-13-20-19-10(3)25-13/h5-7H2,1-4H3,(H,17,23)(H,18,24). The van der Waals surface area contributed by atoms with Gasteiger partial charge in [0.2, 0.25) is 17.7 Å². The number of fused-ring (bicyclic) bond motifs is 1. The van der Waals surface area contributed by atoms with Crippen molar-refractivity contribution in [2.24, 2.45) is 7.05 Å². The van der Waals surface area contributed by atoms with Gasteiger partial charge in [-0.1, -0.05) is 0 Å². The van der Waals surface area contributed by atoms with Gasteiger partial charge in [-0.3, -0.25) is 14.3 Å². The highest BCUT2D eigenvalue weighted by Crippen LogP contribution is 2.21.